The van der Waals surface area contributed by atoms with Crippen molar-refractivity contribution in [3.63, 3.8) is 0 Å². The van der Waals surface area contributed by atoms with E-state index in [0.717, 1.165) is 86.1 Å². The first kappa shape index (κ1) is 30.0. The first-order valence-corrected chi connectivity index (χ1v) is 16.7. The molecule has 6 rings (SSSR count). The van der Waals surface area contributed by atoms with Gasteiger partial charge in [-0.2, -0.15) is 0 Å². The quantitative estimate of drug-likeness (QED) is 0.258. The number of benzene rings is 2. The van der Waals surface area contributed by atoms with E-state index >= 15 is 0 Å². The summed E-state index contributed by atoms with van der Waals surface area (Å²) in [6, 6.07) is 13.0. The van der Waals surface area contributed by atoms with Crippen LogP contribution in [0.25, 0.3) is 11.1 Å². The fourth-order valence-corrected chi connectivity index (χ4v) is 6.46. The SMILES string of the molecule is COc1cc(N2CCC(N3CCOCC3)CC2)ccc1Nc1ncc(-c2ccc(C)c(O/C=[S@](\C)Cn3cnnn3)c2)cn1. The third-order valence-electron chi connectivity index (χ3n) is 8.06. The lowest BCUT2D eigenvalue weighted by Crippen LogP contribution is -2.49. The third-order valence-corrected chi connectivity index (χ3v) is 9.16. The third kappa shape index (κ3) is 7.34. The van der Waals surface area contributed by atoms with Crippen molar-refractivity contribution in [3.05, 3.63) is 60.7 Å². The van der Waals surface area contributed by atoms with Gasteiger partial charge in [0.05, 0.1) is 31.9 Å². The van der Waals surface area contributed by atoms with E-state index in [4.69, 9.17) is 14.2 Å². The molecule has 2 aromatic carbocycles. The first-order valence-electron chi connectivity index (χ1n) is 14.8. The average molecular weight is 618 g/mol. The number of aromatic nitrogens is 6. The van der Waals surface area contributed by atoms with Crippen LogP contribution in [-0.4, -0.2) is 99.4 Å². The molecule has 0 bridgehead atoms. The normalized spacial score (nSPS) is 17.0. The maximum atomic E-state index is 6.05. The molecule has 1 N–H and O–H groups in total. The number of tetrazole rings is 1. The van der Waals surface area contributed by atoms with Gasteiger partial charge in [0, 0.05) is 61.9 Å². The Morgan fingerprint density at radius 3 is 2.52 bits per heavy atom. The summed E-state index contributed by atoms with van der Waals surface area (Å²) in [5.74, 6) is 2.71. The largest absolute Gasteiger partial charge is 0.494 e. The topological polar surface area (TPSA) is 116 Å². The van der Waals surface area contributed by atoms with E-state index in [0.29, 0.717) is 17.9 Å². The van der Waals surface area contributed by atoms with Gasteiger partial charge in [-0.05, 0) is 65.8 Å². The summed E-state index contributed by atoms with van der Waals surface area (Å²) in [5, 5.41) is 14.6. The summed E-state index contributed by atoms with van der Waals surface area (Å²) in [7, 11) is 1.53. The molecule has 2 aliphatic rings. The lowest BCUT2D eigenvalue weighted by Gasteiger charge is -2.40. The van der Waals surface area contributed by atoms with Crippen molar-refractivity contribution in [2.45, 2.75) is 31.7 Å². The molecule has 4 heterocycles. The van der Waals surface area contributed by atoms with E-state index in [1.54, 1.807) is 18.1 Å². The van der Waals surface area contributed by atoms with Crippen molar-refractivity contribution in [3.8, 4) is 22.6 Å². The number of ether oxygens (including phenoxy) is 3. The van der Waals surface area contributed by atoms with Crippen LogP contribution in [0.3, 0.4) is 0 Å². The van der Waals surface area contributed by atoms with Crippen LogP contribution in [0.5, 0.6) is 11.5 Å². The van der Waals surface area contributed by atoms with Crippen LogP contribution >= 0.6 is 10.5 Å². The van der Waals surface area contributed by atoms with E-state index in [9.17, 15) is 0 Å². The minimum Gasteiger partial charge on any atom is -0.494 e. The smallest absolute Gasteiger partial charge is 0.227 e. The molecule has 0 radical (unpaired) electrons. The van der Waals surface area contributed by atoms with Crippen molar-refractivity contribution < 1.29 is 14.2 Å². The van der Waals surface area contributed by atoms with Crippen LogP contribution in [0.4, 0.5) is 17.3 Å². The number of piperidine rings is 1. The zero-order valence-corrected chi connectivity index (χ0v) is 26.2. The average Bonchev–Trinajstić information content (AvgIpc) is 3.58. The van der Waals surface area contributed by atoms with Crippen LogP contribution in [-0.2, 0) is 10.6 Å². The monoisotopic (exact) mass is 617 g/mol. The Morgan fingerprint density at radius 2 is 1.80 bits per heavy atom. The molecule has 0 amide bonds. The highest BCUT2D eigenvalue weighted by molar-refractivity contribution is 8.13. The fraction of sp³-hybridized carbons (Fsp3) is 0.419. The fourth-order valence-electron chi connectivity index (χ4n) is 5.59. The second kappa shape index (κ2) is 14.1. The molecule has 2 saturated heterocycles. The number of morpholine rings is 1. The van der Waals surface area contributed by atoms with Gasteiger partial charge >= 0.3 is 0 Å². The number of nitrogens with zero attached hydrogens (tertiary/aromatic N) is 8. The number of methoxy groups -OCH3 is 1. The van der Waals surface area contributed by atoms with Crippen LogP contribution < -0.4 is 19.7 Å². The molecule has 13 heteroatoms. The van der Waals surface area contributed by atoms with E-state index in [1.807, 2.05) is 49.1 Å². The van der Waals surface area contributed by atoms with Gasteiger partial charge in [-0.25, -0.2) is 14.6 Å². The number of rotatable bonds is 10. The molecule has 2 aliphatic heterocycles. The zero-order chi connectivity index (χ0) is 30.3. The Kier molecular flexibility index (Phi) is 9.64. The minimum atomic E-state index is -0.169. The summed E-state index contributed by atoms with van der Waals surface area (Å²) in [6.45, 7) is 7.89. The van der Waals surface area contributed by atoms with Gasteiger partial charge in [0.2, 0.25) is 5.95 Å². The second-order valence-corrected chi connectivity index (χ2v) is 12.9. The molecule has 2 fully saturated rings. The van der Waals surface area contributed by atoms with Crippen molar-refractivity contribution >= 4 is 33.4 Å². The number of hydrogen-bond donors (Lipinski definition) is 1. The maximum absolute atomic E-state index is 6.05. The van der Waals surface area contributed by atoms with Crippen molar-refractivity contribution in [1.82, 2.24) is 35.1 Å². The van der Waals surface area contributed by atoms with Gasteiger partial charge in [-0.3, -0.25) is 4.90 Å². The van der Waals surface area contributed by atoms with Crippen LogP contribution in [0.1, 0.15) is 18.4 Å². The molecule has 0 saturated carbocycles. The Balaban J connectivity index is 1.08. The van der Waals surface area contributed by atoms with Gasteiger partial charge < -0.3 is 24.4 Å². The molecule has 12 nitrogen and oxygen atoms in total. The molecule has 4 aromatic rings. The number of aryl methyl sites for hydroxylation is 1. The van der Waals surface area contributed by atoms with Crippen LogP contribution in [0, 0.1) is 6.92 Å². The van der Waals surface area contributed by atoms with Gasteiger partial charge in [0.15, 0.2) is 0 Å². The van der Waals surface area contributed by atoms with E-state index < -0.39 is 0 Å². The summed E-state index contributed by atoms with van der Waals surface area (Å²) in [6.07, 6.45) is 9.64. The van der Waals surface area contributed by atoms with E-state index in [-0.39, 0.29) is 10.5 Å². The van der Waals surface area contributed by atoms with Gasteiger partial charge in [-0.15, -0.1) is 15.6 Å². The molecular weight excluding hydrogens is 578 g/mol. The lowest BCUT2D eigenvalue weighted by molar-refractivity contribution is 0.0115. The highest BCUT2D eigenvalue weighted by Gasteiger charge is 2.26. The number of nitrogens with one attached hydrogen (secondary N) is 1. The summed E-state index contributed by atoms with van der Waals surface area (Å²) < 4.78 is 19.0. The predicted octanol–water partition coefficient (Wildman–Crippen LogP) is 4.19. The second-order valence-electron chi connectivity index (χ2n) is 11.0. The first-order chi connectivity index (χ1) is 21.6. The number of hydrogen-bond acceptors (Lipinski definition) is 11. The van der Waals surface area contributed by atoms with Crippen molar-refractivity contribution in [1.29, 1.82) is 0 Å². The molecule has 0 aliphatic carbocycles. The molecular formula is C31H39N9O3S. The molecule has 44 heavy (non-hydrogen) atoms. The van der Waals surface area contributed by atoms with E-state index in [1.165, 1.54) is 5.69 Å². The summed E-state index contributed by atoms with van der Waals surface area (Å²) in [4.78, 5) is 14.2. The summed E-state index contributed by atoms with van der Waals surface area (Å²) >= 11 is 0. The molecule has 232 valence electrons. The summed E-state index contributed by atoms with van der Waals surface area (Å²) in [5.41, 5.74) is 6.74. The highest BCUT2D eigenvalue weighted by atomic mass is 32.2. The van der Waals surface area contributed by atoms with E-state index in [2.05, 4.69) is 59.0 Å². The predicted molar refractivity (Wildman–Crippen MR) is 174 cm³/mol. The Labute approximate surface area is 260 Å². The Morgan fingerprint density at radius 1 is 1.00 bits per heavy atom. The lowest BCUT2D eigenvalue weighted by atomic mass is 10.0. The molecule has 2 aromatic heterocycles. The van der Waals surface area contributed by atoms with Gasteiger partial charge in [-0.1, -0.05) is 12.1 Å². The maximum Gasteiger partial charge on any atom is 0.227 e. The Hall–Kier alpha value is -4.07. The zero-order valence-electron chi connectivity index (χ0n) is 25.4. The molecule has 0 spiro atoms. The van der Waals surface area contributed by atoms with Gasteiger partial charge in [0.1, 0.15) is 23.4 Å². The molecule has 0 unspecified atom stereocenters. The molecule has 1 atom stereocenters. The van der Waals surface area contributed by atoms with Crippen LogP contribution in [0.15, 0.2) is 55.1 Å². The highest BCUT2D eigenvalue weighted by Crippen LogP contribution is 2.33. The number of anilines is 3. The van der Waals surface area contributed by atoms with Crippen LogP contribution in [0.2, 0.25) is 0 Å². The standard InChI is InChI=1S/C31H39N9O3S/c1-23-4-5-24(16-29(23)43-22-44(3)21-40-20-34-36-37-40)25-18-32-31(33-19-25)35-28-7-6-27(17-30(28)41-2)38-10-8-26(9-11-38)39-12-14-42-15-13-39/h4-7,16-20,22,26H,8-15,21H2,1-3H3,(H,32,33,35)/t44-/m1/s1. The van der Waals surface area contributed by atoms with Crippen molar-refractivity contribution in [2.24, 2.45) is 0 Å². The minimum absolute atomic E-state index is 0.169. The Bertz CT molecular complexity index is 1550. The van der Waals surface area contributed by atoms with Crippen molar-refractivity contribution in [2.75, 3.05) is 63.0 Å². The van der Waals surface area contributed by atoms with Gasteiger partial charge in [0.25, 0.3) is 0 Å².